The molecule has 1 aromatic carbocycles. The third kappa shape index (κ3) is 3.11. The van der Waals surface area contributed by atoms with E-state index in [1.807, 2.05) is 38.1 Å². The molecule has 1 atom stereocenters. The molecule has 130 valence electrons. The molecule has 0 bridgehead atoms. The Morgan fingerprint density at radius 2 is 1.88 bits per heavy atom. The fraction of sp³-hybridized carbons (Fsp3) is 0.556. The normalized spacial score (nSPS) is 20.3. The van der Waals surface area contributed by atoms with E-state index in [0.29, 0.717) is 19.4 Å². The molecular formula is C18H25N3O3. The number of β-lactam (4-membered cyclic amide) rings is 1. The van der Waals surface area contributed by atoms with E-state index < -0.39 is 5.54 Å². The van der Waals surface area contributed by atoms with Crippen molar-refractivity contribution in [3.05, 3.63) is 24.3 Å². The number of benzene rings is 1. The third-order valence-corrected chi connectivity index (χ3v) is 5.13. The number of carbonyl (C=O) groups excluding carboxylic acids is 2. The molecule has 0 aliphatic carbocycles. The van der Waals surface area contributed by atoms with Crippen LogP contribution in [-0.4, -0.2) is 55.1 Å². The summed E-state index contributed by atoms with van der Waals surface area (Å²) < 4.78 is 5.36. The van der Waals surface area contributed by atoms with Gasteiger partial charge in [-0.1, -0.05) is 6.92 Å². The van der Waals surface area contributed by atoms with E-state index >= 15 is 0 Å². The van der Waals surface area contributed by atoms with Crippen molar-refractivity contribution in [3.63, 3.8) is 0 Å². The van der Waals surface area contributed by atoms with Crippen LogP contribution in [0.1, 0.15) is 26.7 Å². The maximum absolute atomic E-state index is 12.7. The maximum atomic E-state index is 12.7. The van der Waals surface area contributed by atoms with Crippen molar-refractivity contribution in [2.45, 2.75) is 32.2 Å². The van der Waals surface area contributed by atoms with Gasteiger partial charge in [-0.25, -0.2) is 0 Å². The summed E-state index contributed by atoms with van der Waals surface area (Å²) in [5.74, 6) is -0.0747. The van der Waals surface area contributed by atoms with Gasteiger partial charge in [0.15, 0.2) is 0 Å². The Morgan fingerprint density at radius 1 is 1.21 bits per heavy atom. The van der Waals surface area contributed by atoms with Crippen LogP contribution >= 0.6 is 0 Å². The fourth-order valence-corrected chi connectivity index (χ4v) is 3.15. The van der Waals surface area contributed by atoms with Gasteiger partial charge in [-0.15, -0.1) is 0 Å². The summed E-state index contributed by atoms with van der Waals surface area (Å²) in [4.78, 5) is 28.4. The first-order valence-electron chi connectivity index (χ1n) is 8.59. The van der Waals surface area contributed by atoms with Crippen molar-refractivity contribution < 1.29 is 14.3 Å². The van der Waals surface area contributed by atoms with Crippen LogP contribution < -0.4 is 10.2 Å². The molecule has 3 rings (SSSR count). The summed E-state index contributed by atoms with van der Waals surface area (Å²) in [7, 11) is 0. The Morgan fingerprint density at radius 3 is 2.38 bits per heavy atom. The number of carbonyl (C=O) groups is 2. The van der Waals surface area contributed by atoms with Gasteiger partial charge in [0.25, 0.3) is 0 Å². The first kappa shape index (κ1) is 16.8. The molecule has 0 aromatic heterocycles. The SMILES string of the molecule is CC[C@](C)(C(=O)Nc1ccc(N2CCOCC2)cc1)N1CCC1=O. The smallest absolute Gasteiger partial charge is 0.250 e. The molecule has 24 heavy (non-hydrogen) atoms. The quantitative estimate of drug-likeness (QED) is 0.837. The van der Waals surface area contributed by atoms with Crippen LogP contribution in [0.15, 0.2) is 24.3 Å². The zero-order valence-corrected chi connectivity index (χ0v) is 14.4. The number of amides is 2. The second-order valence-electron chi connectivity index (χ2n) is 6.52. The number of ether oxygens (including phenoxy) is 1. The maximum Gasteiger partial charge on any atom is 0.250 e. The summed E-state index contributed by atoms with van der Waals surface area (Å²) in [5.41, 5.74) is 1.11. The minimum atomic E-state index is -0.780. The van der Waals surface area contributed by atoms with Crippen molar-refractivity contribution in [1.29, 1.82) is 0 Å². The molecule has 6 heteroatoms. The van der Waals surface area contributed by atoms with Crippen molar-refractivity contribution in [3.8, 4) is 0 Å². The van der Waals surface area contributed by atoms with Crippen molar-refractivity contribution in [2.24, 2.45) is 0 Å². The number of hydrogen-bond acceptors (Lipinski definition) is 4. The molecule has 2 heterocycles. The van der Waals surface area contributed by atoms with Gasteiger partial charge < -0.3 is 19.9 Å². The van der Waals surface area contributed by atoms with Crippen LogP contribution in [0, 0.1) is 0 Å². The van der Waals surface area contributed by atoms with Crippen LogP contribution in [0.25, 0.3) is 0 Å². The number of likely N-dealkylation sites (tertiary alicyclic amines) is 1. The van der Waals surface area contributed by atoms with E-state index in [-0.39, 0.29) is 11.8 Å². The van der Waals surface area contributed by atoms with Crippen LogP contribution in [0.3, 0.4) is 0 Å². The average molecular weight is 331 g/mol. The molecule has 0 saturated carbocycles. The van der Waals surface area contributed by atoms with E-state index in [4.69, 9.17) is 4.74 Å². The second-order valence-corrected chi connectivity index (χ2v) is 6.52. The zero-order valence-electron chi connectivity index (χ0n) is 14.4. The summed E-state index contributed by atoms with van der Waals surface area (Å²) in [6.45, 7) is 7.70. The first-order valence-corrected chi connectivity index (χ1v) is 8.59. The third-order valence-electron chi connectivity index (χ3n) is 5.13. The van der Waals surface area contributed by atoms with Gasteiger partial charge in [-0.05, 0) is 37.6 Å². The van der Waals surface area contributed by atoms with Crippen LogP contribution in [-0.2, 0) is 14.3 Å². The highest BCUT2D eigenvalue weighted by Gasteiger charge is 2.44. The molecule has 2 aliphatic heterocycles. The topological polar surface area (TPSA) is 61.9 Å². The summed E-state index contributed by atoms with van der Waals surface area (Å²) in [6, 6.07) is 7.85. The van der Waals surface area contributed by atoms with Gasteiger partial charge in [0.1, 0.15) is 5.54 Å². The fourth-order valence-electron chi connectivity index (χ4n) is 3.15. The molecule has 0 spiro atoms. The van der Waals surface area contributed by atoms with E-state index in [9.17, 15) is 9.59 Å². The Labute approximate surface area is 142 Å². The number of anilines is 2. The van der Waals surface area contributed by atoms with Crippen LogP contribution in [0.2, 0.25) is 0 Å². The molecule has 2 aliphatic rings. The van der Waals surface area contributed by atoms with E-state index in [1.165, 1.54) is 0 Å². The van der Waals surface area contributed by atoms with E-state index in [2.05, 4.69) is 10.2 Å². The number of nitrogens with zero attached hydrogens (tertiary/aromatic N) is 2. The molecule has 0 radical (unpaired) electrons. The Bertz CT molecular complexity index is 610. The molecule has 2 amide bonds. The largest absolute Gasteiger partial charge is 0.378 e. The minimum Gasteiger partial charge on any atom is -0.378 e. The average Bonchev–Trinajstić information content (AvgIpc) is 2.61. The molecule has 0 unspecified atom stereocenters. The number of morpholine rings is 1. The lowest BCUT2D eigenvalue weighted by atomic mass is 9.91. The van der Waals surface area contributed by atoms with Crippen LogP contribution in [0.4, 0.5) is 11.4 Å². The summed E-state index contributed by atoms with van der Waals surface area (Å²) in [6.07, 6.45) is 1.13. The standard InChI is InChI=1S/C18H25N3O3/c1-3-18(2,21-9-8-16(21)22)17(23)19-14-4-6-15(7-5-14)20-10-12-24-13-11-20/h4-7H,3,8-13H2,1-2H3,(H,19,23)/t18-/m1/s1. The summed E-state index contributed by atoms with van der Waals surface area (Å²) >= 11 is 0. The van der Waals surface area contributed by atoms with Crippen LogP contribution in [0.5, 0.6) is 0 Å². The number of hydrogen-bond donors (Lipinski definition) is 1. The van der Waals surface area contributed by atoms with Gasteiger partial charge in [0, 0.05) is 37.4 Å². The highest BCUT2D eigenvalue weighted by molar-refractivity contribution is 6.01. The highest BCUT2D eigenvalue weighted by Crippen LogP contribution is 2.28. The van der Waals surface area contributed by atoms with Gasteiger partial charge in [-0.3, -0.25) is 9.59 Å². The number of nitrogens with one attached hydrogen (secondary N) is 1. The van der Waals surface area contributed by atoms with Gasteiger partial charge in [0.05, 0.1) is 13.2 Å². The molecular weight excluding hydrogens is 306 g/mol. The minimum absolute atomic E-state index is 0.0529. The zero-order chi connectivity index (χ0) is 17.2. The predicted molar refractivity (Wildman–Crippen MR) is 93.1 cm³/mol. The van der Waals surface area contributed by atoms with E-state index in [0.717, 1.165) is 37.7 Å². The monoisotopic (exact) mass is 331 g/mol. The molecule has 1 N–H and O–H groups in total. The Hall–Kier alpha value is -2.08. The lowest BCUT2D eigenvalue weighted by Crippen LogP contribution is -2.62. The lowest BCUT2D eigenvalue weighted by molar-refractivity contribution is -0.154. The first-order chi connectivity index (χ1) is 11.5. The highest BCUT2D eigenvalue weighted by atomic mass is 16.5. The second kappa shape index (κ2) is 6.81. The lowest BCUT2D eigenvalue weighted by Gasteiger charge is -2.44. The van der Waals surface area contributed by atoms with Gasteiger partial charge in [0.2, 0.25) is 11.8 Å². The summed E-state index contributed by atoms with van der Waals surface area (Å²) in [5, 5.41) is 2.96. The van der Waals surface area contributed by atoms with E-state index in [1.54, 1.807) is 4.90 Å². The predicted octanol–water partition coefficient (Wildman–Crippen LogP) is 1.86. The molecule has 2 saturated heterocycles. The Kier molecular flexibility index (Phi) is 4.76. The van der Waals surface area contributed by atoms with Gasteiger partial charge >= 0.3 is 0 Å². The van der Waals surface area contributed by atoms with Crippen molar-refractivity contribution in [1.82, 2.24) is 4.90 Å². The van der Waals surface area contributed by atoms with Crippen molar-refractivity contribution in [2.75, 3.05) is 43.1 Å². The number of rotatable bonds is 5. The van der Waals surface area contributed by atoms with Crippen molar-refractivity contribution >= 4 is 23.2 Å². The molecule has 6 nitrogen and oxygen atoms in total. The Balaban J connectivity index is 1.66. The van der Waals surface area contributed by atoms with Gasteiger partial charge in [-0.2, -0.15) is 0 Å². The molecule has 2 fully saturated rings. The molecule has 1 aromatic rings.